The Labute approximate surface area is 128 Å². The lowest BCUT2D eigenvalue weighted by Gasteiger charge is -2.20. The summed E-state index contributed by atoms with van der Waals surface area (Å²) in [5.41, 5.74) is 4.38. The fourth-order valence-electron chi connectivity index (χ4n) is 3.55. The SMILES string of the molecule is O=C1CCC(c2coc3c4c(ccc23)CCNCC4)C(=O)N1. The third-order valence-corrected chi connectivity index (χ3v) is 4.71. The van der Waals surface area contributed by atoms with Crippen LogP contribution in [0.25, 0.3) is 11.0 Å². The summed E-state index contributed by atoms with van der Waals surface area (Å²) in [4.78, 5) is 23.4. The molecule has 0 radical (unpaired) electrons. The Kier molecular flexibility index (Phi) is 3.22. The number of amides is 2. The smallest absolute Gasteiger partial charge is 0.234 e. The molecule has 1 atom stereocenters. The van der Waals surface area contributed by atoms with E-state index >= 15 is 0 Å². The first kappa shape index (κ1) is 13.5. The van der Waals surface area contributed by atoms with Crippen LogP contribution in [-0.4, -0.2) is 24.9 Å². The van der Waals surface area contributed by atoms with Crippen molar-refractivity contribution in [2.24, 2.45) is 0 Å². The Morgan fingerprint density at radius 2 is 1.95 bits per heavy atom. The molecule has 0 saturated carbocycles. The van der Waals surface area contributed by atoms with E-state index in [1.54, 1.807) is 6.26 Å². The number of rotatable bonds is 1. The van der Waals surface area contributed by atoms with Crippen LogP contribution in [0.1, 0.15) is 35.4 Å². The van der Waals surface area contributed by atoms with Crippen LogP contribution in [0.4, 0.5) is 0 Å². The van der Waals surface area contributed by atoms with Crippen molar-refractivity contribution in [3.63, 3.8) is 0 Å². The lowest BCUT2D eigenvalue weighted by Crippen LogP contribution is -2.39. The van der Waals surface area contributed by atoms with Gasteiger partial charge in [-0.25, -0.2) is 0 Å². The summed E-state index contributed by atoms with van der Waals surface area (Å²) < 4.78 is 5.84. The molecule has 1 aromatic heterocycles. The zero-order valence-electron chi connectivity index (χ0n) is 12.3. The van der Waals surface area contributed by atoms with Crippen LogP contribution in [0.15, 0.2) is 22.8 Å². The molecule has 4 rings (SSSR count). The van der Waals surface area contributed by atoms with Gasteiger partial charge in [0.2, 0.25) is 11.8 Å². The lowest BCUT2D eigenvalue weighted by molar-refractivity contribution is -0.134. The topological polar surface area (TPSA) is 71.3 Å². The first-order valence-corrected chi connectivity index (χ1v) is 7.80. The van der Waals surface area contributed by atoms with Crippen LogP contribution >= 0.6 is 0 Å². The maximum absolute atomic E-state index is 12.1. The molecule has 22 heavy (non-hydrogen) atoms. The standard InChI is InChI=1S/C17H18N2O3/c20-15-4-3-13(17(21)19-15)14-9-22-16-11-6-8-18-7-5-10(11)1-2-12(14)16/h1-2,9,13,18H,3-8H2,(H,19,20,21). The summed E-state index contributed by atoms with van der Waals surface area (Å²) in [6.07, 6.45) is 4.58. The van der Waals surface area contributed by atoms with Gasteiger partial charge in [-0.3, -0.25) is 14.9 Å². The number of benzene rings is 1. The average Bonchev–Trinajstić information content (AvgIpc) is 2.77. The van der Waals surface area contributed by atoms with Gasteiger partial charge < -0.3 is 9.73 Å². The van der Waals surface area contributed by atoms with Crippen molar-refractivity contribution < 1.29 is 14.0 Å². The highest BCUT2D eigenvalue weighted by atomic mass is 16.3. The maximum Gasteiger partial charge on any atom is 0.234 e. The average molecular weight is 298 g/mol. The highest BCUT2D eigenvalue weighted by Crippen LogP contribution is 2.35. The zero-order chi connectivity index (χ0) is 15.1. The minimum Gasteiger partial charge on any atom is -0.464 e. The van der Waals surface area contributed by atoms with Gasteiger partial charge in [-0.15, -0.1) is 0 Å². The van der Waals surface area contributed by atoms with Crippen LogP contribution in [-0.2, 0) is 22.4 Å². The maximum atomic E-state index is 12.1. The van der Waals surface area contributed by atoms with Gasteiger partial charge >= 0.3 is 0 Å². The van der Waals surface area contributed by atoms with Crippen molar-refractivity contribution in [1.29, 1.82) is 0 Å². The fourth-order valence-corrected chi connectivity index (χ4v) is 3.55. The quantitative estimate of drug-likeness (QED) is 0.785. The van der Waals surface area contributed by atoms with E-state index in [9.17, 15) is 9.59 Å². The normalized spacial score (nSPS) is 22.3. The van der Waals surface area contributed by atoms with Gasteiger partial charge in [0.15, 0.2) is 0 Å². The summed E-state index contributed by atoms with van der Waals surface area (Å²) in [5, 5.41) is 6.83. The van der Waals surface area contributed by atoms with E-state index in [1.165, 1.54) is 11.1 Å². The van der Waals surface area contributed by atoms with Gasteiger partial charge in [0, 0.05) is 17.4 Å². The van der Waals surface area contributed by atoms with Crippen molar-refractivity contribution in [1.82, 2.24) is 10.6 Å². The number of nitrogens with one attached hydrogen (secondary N) is 2. The molecule has 2 aliphatic heterocycles. The van der Waals surface area contributed by atoms with Crippen LogP contribution in [0.3, 0.4) is 0 Å². The molecular formula is C17H18N2O3. The summed E-state index contributed by atoms with van der Waals surface area (Å²) >= 11 is 0. The van der Waals surface area contributed by atoms with Crippen LogP contribution in [0.2, 0.25) is 0 Å². The van der Waals surface area contributed by atoms with Crippen molar-refractivity contribution in [3.8, 4) is 0 Å². The van der Waals surface area contributed by atoms with E-state index in [-0.39, 0.29) is 17.7 Å². The van der Waals surface area contributed by atoms with Gasteiger partial charge in [0.05, 0.1) is 12.2 Å². The minimum absolute atomic E-state index is 0.186. The molecule has 2 amide bonds. The molecule has 1 unspecified atom stereocenters. The second-order valence-corrected chi connectivity index (χ2v) is 6.02. The van der Waals surface area contributed by atoms with Gasteiger partial charge in [-0.1, -0.05) is 12.1 Å². The minimum atomic E-state index is -0.291. The lowest BCUT2D eigenvalue weighted by atomic mass is 9.89. The van der Waals surface area contributed by atoms with E-state index < -0.39 is 0 Å². The first-order chi connectivity index (χ1) is 10.7. The molecular weight excluding hydrogens is 280 g/mol. The van der Waals surface area contributed by atoms with Crippen LogP contribution in [0.5, 0.6) is 0 Å². The zero-order valence-corrected chi connectivity index (χ0v) is 12.3. The predicted molar refractivity (Wildman–Crippen MR) is 81.6 cm³/mol. The van der Waals surface area contributed by atoms with Gasteiger partial charge in [0.25, 0.3) is 0 Å². The number of furan rings is 1. The Morgan fingerprint density at radius 3 is 2.82 bits per heavy atom. The molecule has 1 aromatic carbocycles. The third kappa shape index (κ3) is 2.13. The summed E-state index contributed by atoms with van der Waals surface area (Å²) in [5.74, 6) is -0.689. The highest BCUT2D eigenvalue weighted by Gasteiger charge is 2.31. The summed E-state index contributed by atoms with van der Waals surface area (Å²) in [6.45, 7) is 1.93. The van der Waals surface area contributed by atoms with E-state index in [0.29, 0.717) is 12.8 Å². The van der Waals surface area contributed by atoms with Crippen LogP contribution in [0, 0.1) is 0 Å². The second-order valence-electron chi connectivity index (χ2n) is 6.02. The Balaban J connectivity index is 1.79. The molecule has 3 heterocycles. The molecule has 5 nitrogen and oxygen atoms in total. The number of carbonyl (C=O) groups excluding carboxylic acids is 2. The van der Waals surface area contributed by atoms with Crippen LogP contribution < -0.4 is 10.6 Å². The van der Waals surface area contributed by atoms with Gasteiger partial charge in [-0.05, 0) is 43.5 Å². The summed E-state index contributed by atoms with van der Waals surface area (Å²) in [6, 6.07) is 4.21. The molecule has 1 saturated heterocycles. The van der Waals surface area contributed by atoms with Crippen molar-refractivity contribution in [3.05, 3.63) is 35.1 Å². The Morgan fingerprint density at radius 1 is 1.09 bits per heavy atom. The van der Waals surface area contributed by atoms with E-state index in [4.69, 9.17) is 4.42 Å². The molecule has 114 valence electrons. The second kappa shape index (κ2) is 5.25. The molecule has 0 aliphatic carbocycles. The van der Waals surface area contributed by atoms with Gasteiger partial charge in [0.1, 0.15) is 5.58 Å². The van der Waals surface area contributed by atoms with Crippen molar-refractivity contribution >= 4 is 22.8 Å². The van der Waals surface area contributed by atoms with Crippen molar-refractivity contribution in [2.75, 3.05) is 13.1 Å². The molecule has 5 heteroatoms. The molecule has 0 bridgehead atoms. The highest BCUT2D eigenvalue weighted by molar-refractivity contribution is 6.03. The number of carbonyl (C=O) groups is 2. The fraction of sp³-hybridized carbons (Fsp3) is 0.412. The van der Waals surface area contributed by atoms with E-state index in [1.807, 2.05) is 0 Å². The van der Waals surface area contributed by atoms with E-state index in [0.717, 1.165) is 42.5 Å². The van der Waals surface area contributed by atoms with Crippen molar-refractivity contribution in [2.45, 2.75) is 31.6 Å². The third-order valence-electron chi connectivity index (χ3n) is 4.71. The number of piperidine rings is 1. The van der Waals surface area contributed by atoms with Gasteiger partial charge in [-0.2, -0.15) is 0 Å². The number of fused-ring (bicyclic) bond motifs is 3. The molecule has 0 spiro atoms. The van der Waals surface area contributed by atoms with E-state index in [2.05, 4.69) is 22.8 Å². The number of imide groups is 1. The predicted octanol–water partition coefficient (Wildman–Crippen LogP) is 1.64. The largest absolute Gasteiger partial charge is 0.464 e. The monoisotopic (exact) mass is 298 g/mol. The molecule has 2 aromatic rings. The number of hydrogen-bond acceptors (Lipinski definition) is 4. The number of hydrogen-bond donors (Lipinski definition) is 2. The Hall–Kier alpha value is -2.14. The molecule has 2 N–H and O–H groups in total. The molecule has 1 fully saturated rings. The molecule has 2 aliphatic rings. The summed E-state index contributed by atoms with van der Waals surface area (Å²) in [7, 11) is 0. The first-order valence-electron chi connectivity index (χ1n) is 7.80. The Bertz CT molecular complexity index is 763.